The molecule has 0 aromatic heterocycles. The zero-order chi connectivity index (χ0) is 14.0. The minimum absolute atomic E-state index is 0.169. The first-order valence-electron chi connectivity index (χ1n) is 6.63. The lowest BCUT2D eigenvalue weighted by atomic mass is 9.80. The molecule has 1 aromatic rings. The first-order valence-corrected chi connectivity index (χ1v) is 7.58. The molecule has 0 fully saturated rings. The van der Waals surface area contributed by atoms with Crippen molar-refractivity contribution < 1.29 is 0 Å². The Morgan fingerprint density at radius 3 is 1.67 bits per heavy atom. The minimum atomic E-state index is 0.169. The van der Waals surface area contributed by atoms with Crippen molar-refractivity contribution in [2.45, 2.75) is 59.3 Å². The van der Waals surface area contributed by atoms with Gasteiger partial charge >= 0.3 is 0 Å². The van der Waals surface area contributed by atoms with E-state index in [1.807, 2.05) is 0 Å². The van der Waals surface area contributed by atoms with Gasteiger partial charge < -0.3 is 0 Å². The van der Waals surface area contributed by atoms with Crippen molar-refractivity contribution >= 4 is 17.6 Å². The number of hydrogen-bond donors (Lipinski definition) is 0. The summed E-state index contributed by atoms with van der Waals surface area (Å²) >= 11 is 1.62. The summed E-state index contributed by atoms with van der Waals surface area (Å²) < 4.78 is 4.59. The SMILES string of the molecule is CCS[N]c1cc(C(C)(C)C)cc(C(C)(C)C)c1. The Morgan fingerprint density at radius 2 is 1.33 bits per heavy atom. The van der Waals surface area contributed by atoms with Crippen LogP contribution in [0.25, 0.3) is 0 Å². The van der Waals surface area contributed by atoms with Crippen molar-refractivity contribution in [3.63, 3.8) is 0 Å². The van der Waals surface area contributed by atoms with Gasteiger partial charge in [-0.1, -0.05) is 54.5 Å². The van der Waals surface area contributed by atoms with Crippen LogP contribution in [0.4, 0.5) is 5.69 Å². The van der Waals surface area contributed by atoms with Crippen molar-refractivity contribution in [3.05, 3.63) is 29.3 Å². The van der Waals surface area contributed by atoms with Gasteiger partial charge in [-0.3, -0.25) is 0 Å². The molecule has 18 heavy (non-hydrogen) atoms. The third-order valence-corrected chi connectivity index (χ3v) is 3.55. The molecule has 0 saturated heterocycles. The molecule has 0 aliphatic heterocycles. The van der Waals surface area contributed by atoms with Gasteiger partial charge in [0.15, 0.2) is 0 Å². The van der Waals surface area contributed by atoms with E-state index in [-0.39, 0.29) is 10.8 Å². The maximum Gasteiger partial charge on any atom is 0.0718 e. The van der Waals surface area contributed by atoms with Crippen LogP contribution >= 0.6 is 11.9 Å². The second-order valence-corrected chi connectivity index (χ2v) is 7.80. The first kappa shape index (κ1) is 15.4. The van der Waals surface area contributed by atoms with Crippen LogP contribution in [0.2, 0.25) is 0 Å². The third kappa shape index (κ3) is 4.24. The number of benzene rings is 1. The summed E-state index contributed by atoms with van der Waals surface area (Å²) in [6.45, 7) is 15.7. The van der Waals surface area contributed by atoms with Gasteiger partial charge in [0.1, 0.15) is 0 Å². The van der Waals surface area contributed by atoms with Crippen molar-refractivity contribution in [2.75, 3.05) is 5.75 Å². The van der Waals surface area contributed by atoms with Crippen LogP contribution in [0, 0.1) is 0 Å². The molecule has 1 aromatic carbocycles. The number of hydrogen-bond acceptors (Lipinski definition) is 1. The maximum atomic E-state index is 4.59. The largest absolute Gasteiger partial charge is 0.217 e. The number of nitrogens with zero attached hydrogens (tertiary/aromatic N) is 1. The molecular formula is C16H26NS. The standard InChI is InChI=1S/C16H26NS/c1-8-18-17-14-10-12(15(2,3)4)9-13(11-14)16(5,6)7/h9-11H,8H2,1-7H3. The summed E-state index contributed by atoms with van der Waals surface area (Å²) in [5, 5.41) is 0. The fourth-order valence-corrected chi connectivity index (χ4v) is 2.05. The summed E-state index contributed by atoms with van der Waals surface area (Å²) in [5.74, 6) is 1.02. The van der Waals surface area contributed by atoms with E-state index in [9.17, 15) is 0 Å². The average Bonchev–Trinajstić information content (AvgIpc) is 2.23. The van der Waals surface area contributed by atoms with Gasteiger partial charge in [0.25, 0.3) is 0 Å². The Hall–Kier alpha value is -0.630. The van der Waals surface area contributed by atoms with Crippen molar-refractivity contribution in [2.24, 2.45) is 0 Å². The molecule has 0 aliphatic carbocycles. The highest BCUT2D eigenvalue weighted by Crippen LogP contribution is 2.32. The van der Waals surface area contributed by atoms with E-state index >= 15 is 0 Å². The van der Waals surface area contributed by atoms with Gasteiger partial charge in [0.2, 0.25) is 0 Å². The lowest BCUT2D eigenvalue weighted by Crippen LogP contribution is -2.16. The second kappa shape index (κ2) is 5.56. The van der Waals surface area contributed by atoms with E-state index < -0.39 is 0 Å². The van der Waals surface area contributed by atoms with Crippen LogP contribution < -0.4 is 4.72 Å². The molecule has 0 spiro atoms. The van der Waals surface area contributed by atoms with Crippen LogP contribution in [0.1, 0.15) is 59.6 Å². The molecule has 101 valence electrons. The molecule has 1 rings (SSSR count). The van der Waals surface area contributed by atoms with E-state index in [1.54, 1.807) is 11.9 Å². The Kier molecular flexibility index (Phi) is 4.77. The first-order chi connectivity index (χ1) is 8.14. The van der Waals surface area contributed by atoms with E-state index in [4.69, 9.17) is 0 Å². The molecule has 0 bridgehead atoms. The Morgan fingerprint density at radius 1 is 0.889 bits per heavy atom. The monoisotopic (exact) mass is 264 g/mol. The van der Waals surface area contributed by atoms with Crippen LogP contribution in [-0.2, 0) is 10.8 Å². The molecule has 0 atom stereocenters. The van der Waals surface area contributed by atoms with Crippen LogP contribution in [0.3, 0.4) is 0 Å². The fourth-order valence-electron chi connectivity index (χ4n) is 1.67. The zero-order valence-electron chi connectivity index (χ0n) is 12.8. The van der Waals surface area contributed by atoms with Crippen molar-refractivity contribution in [1.29, 1.82) is 0 Å². The highest BCUT2D eigenvalue weighted by molar-refractivity contribution is 7.97. The van der Waals surface area contributed by atoms with Gasteiger partial charge in [-0.05, 0) is 46.0 Å². The fraction of sp³-hybridized carbons (Fsp3) is 0.625. The van der Waals surface area contributed by atoms with E-state index in [1.165, 1.54) is 11.1 Å². The van der Waals surface area contributed by atoms with E-state index in [0.717, 1.165) is 11.4 Å². The van der Waals surface area contributed by atoms with Gasteiger partial charge in [-0.25, -0.2) is 4.72 Å². The molecular weight excluding hydrogens is 238 g/mol. The Balaban J connectivity index is 3.21. The van der Waals surface area contributed by atoms with Crippen molar-refractivity contribution in [1.82, 2.24) is 4.72 Å². The summed E-state index contributed by atoms with van der Waals surface area (Å²) in [6.07, 6.45) is 0. The van der Waals surface area contributed by atoms with Gasteiger partial charge in [0.05, 0.1) is 5.69 Å². The third-order valence-electron chi connectivity index (χ3n) is 2.95. The van der Waals surface area contributed by atoms with Gasteiger partial charge in [-0.15, -0.1) is 0 Å². The summed E-state index contributed by atoms with van der Waals surface area (Å²) in [6, 6.07) is 6.77. The Labute approximate surface area is 117 Å². The predicted molar refractivity (Wildman–Crippen MR) is 83.8 cm³/mol. The summed E-state index contributed by atoms with van der Waals surface area (Å²) in [7, 11) is 0. The van der Waals surface area contributed by atoms with Crippen LogP contribution in [0.15, 0.2) is 18.2 Å². The molecule has 1 radical (unpaired) electrons. The molecule has 2 heteroatoms. The lowest BCUT2D eigenvalue weighted by molar-refractivity contribution is 0.568. The molecule has 1 nitrogen and oxygen atoms in total. The van der Waals surface area contributed by atoms with Crippen LogP contribution in [0.5, 0.6) is 0 Å². The van der Waals surface area contributed by atoms with Gasteiger partial charge in [-0.2, -0.15) is 0 Å². The summed E-state index contributed by atoms with van der Waals surface area (Å²) in [4.78, 5) is 0. The predicted octanol–water partition coefficient (Wildman–Crippen LogP) is 5.19. The average molecular weight is 264 g/mol. The molecule has 0 heterocycles. The second-order valence-electron chi connectivity index (χ2n) is 6.78. The normalized spacial score (nSPS) is 12.6. The molecule has 0 N–H and O–H groups in total. The highest BCUT2D eigenvalue weighted by Gasteiger charge is 2.20. The lowest BCUT2D eigenvalue weighted by Gasteiger charge is -2.25. The van der Waals surface area contributed by atoms with Gasteiger partial charge in [0, 0.05) is 5.75 Å². The molecule has 0 aliphatic rings. The smallest absolute Gasteiger partial charge is 0.0718 e. The Bertz CT molecular complexity index is 364. The zero-order valence-corrected chi connectivity index (χ0v) is 13.6. The maximum absolute atomic E-state index is 4.59. The molecule has 0 unspecified atom stereocenters. The van der Waals surface area contributed by atoms with E-state index in [2.05, 4.69) is 71.4 Å². The minimum Gasteiger partial charge on any atom is -0.217 e. The quantitative estimate of drug-likeness (QED) is 0.686. The molecule has 0 saturated carbocycles. The van der Waals surface area contributed by atoms with Crippen LogP contribution in [-0.4, -0.2) is 5.75 Å². The highest BCUT2D eigenvalue weighted by atomic mass is 32.2. The molecule has 0 amide bonds. The topological polar surface area (TPSA) is 14.1 Å². The number of rotatable bonds is 3. The summed E-state index contributed by atoms with van der Waals surface area (Å²) in [5.41, 5.74) is 4.17. The van der Waals surface area contributed by atoms with E-state index in [0.29, 0.717) is 0 Å². The van der Waals surface area contributed by atoms with Crippen molar-refractivity contribution in [3.8, 4) is 0 Å².